The van der Waals surface area contributed by atoms with E-state index in [0.29, 0.717) is 71.8 Å². The summed E-state index contributed by atoms with van der Waals surface area (Å²) in [5.74, 6) is 1.70. The standard InChI is InChI=1S/C40H38N4O7/c1-47-35-17-31-33(41-21-29-15-25-7-3-5-9-27(25)23-43(29)39(31)45)19-37(35)50-13-11-49-12-14-51-38-20-34-32(18-36(38)48-2)40(46)44-24-28-10-6-4-8-26(28)16-30(44)22-42-34/h3-10,17-22,29-30H,11-16,23-24H2,1-2H3/t29-,30-/m0/s1. The van der Waals surface area contributed by atoms with Crippen molar-refractivity contribution in [3.8, 4) is 23.0 Å². The van der Waals surface area contributed by atoms with Gasteiger partial charge in [0.2, 0.25) is 0 Å². The van der Waals surface area contributed by atoms with Crippen molar-refractivity contribution in [1.82, 2.24) is 9.80 Å². The zero-order chi connectivity index (χ0) is 34.9. The Morgan fingerprint density at radius 3 is 1.45 bits per heavy atom. The van der Waals surface area contributed by atoms with E-state index >= 15 is 0 Å². The van der Waals surface area contributed by atoms with Gasteiger partial charge in [0.05, 0.1) is 62.0 Å². The monoisotopic (exact) mass is 686 g/mol. The van der Waals surface area contributed by atoms with Crippen LogP contribution in [0.2, 0.25) is 0 Å². The number of methoxy groups -OCH3 is 2. The number of hydrogen-bond acceptors (Lipinski definition) is 9. The molecule has 4 aliphatic rings. The van der Waals surface area contributed by atoms with Crippen LogP contribution >= 0.6 is 0 Å². The fourth-order valence-electron chi connectivity index (χ4n) is 7.17. The molecule has 4 aliphatic heterocycles. The van der Waals surface area contributed by atoms with E-state index in [9.17, 15) is 9.59 Å². The molecule has 8 rings (SSSR count). The van der Waals surface area contributed by atoms with Crippen LogP contribution in [0.1, 0.15) is 43.0 Å². The zero-order valence-electron chi connectivity index (χ0n) is 28.5. The first-order valence-electron chi connectivity index (χ1n) is 17.1. The summed E-state index contributed by atoms with van der Waals surface area (Å²) in [5.41, 5.74) is 6.84. The minimum absolute atomic E-state index is 0.0820. The Kier molecular flexibility index (Phi) is 8.87. The van der Waals surface area contributed by atoms with Crippen LogP contribution in [0, 0.1) is 0 Å². The maximum atomic E-state index is 13.6. The lowest BCUT2D eigenvalue weighted by molar-refractivity contribution is 0.0696. The number of fused-ring (bicyclic) bond motifs is 6. The molecule has 0 N–H and O–H groups in total. The molecule has 0 saturated heterocycles. The molecule has 4 aromatic carbocycles. The van der Waals surface area contributed by atoms with Crippen LogP contribution in [0.25, 0.3) is 0 Å². The van der Waals surface area contributed by atoms with Crippen LogP contribution in [0.3, 0.4) is 0 Å². The van der Waals surface area contributed by atoms with E-state index in [1.165, 1.54) is 11.1 Å². The van der Waals surface area contributed by atoms with E-state index in [4.69, 9.17) is 33.7 Å². The Labute approximate surface area is 296 Å². The van der Waals surface area contributed by atoms with Crippen LogP contribution in [-0.2, 0) is 30.7 Å². The average Bonchev–Trinajstić information content (AvgIpc) is 3.38. The van der Waals surface area contributed by atoms with Crippen molar-refractivity contribution in [2.75, 3.05) is 40.6 Å². The number of rotatable bonds is 10. The molecule has 4 heterocycles. The summed E-state index contributed by atoms with van der Waals surface area (Å²) in [4.78, 5) is 40.4. The highest BCUT2D eigenvalue weighted by molar-refractivity contribution is 6.04. The Balaban J connectivity index is 0.864. The molecule has 0 aromatic heterocycles. The van der Waals surface area contributed by atoms with Crippen molar-refractivity contribution in [1.29, 1.82) is 0 Å². The summed E-state index contributed by atoms with van der Waals surface area (Å²) < 4.78 is 29.1. The molecule has 51 heavy (non-hydrogen) atoms. The molecule has 2 atom stereocenters. The molecular formula is C40H38N4O7. The van der Waals surface area contributed by atoms with Crippen molar-refractivity contribution in [3.63, 3.8) is 0 Å². The number of nitrogens with zero attached hydrogens (tertiary/aromatic N) is 4. The summed E-state index contributed by atoms with van der Waals surface area (Å²) in [5, 5.41) is 0. The summed E-state index contributed by atoms with van der Waals surface area (Å²) >= 11 is 0. The first-order valence-corrected chi connectivity index (χ1v) is 17.1. The first kappa shape index (κ1) is 32.5. The molecule has 0 saturated carbocycles. The molecule has 4 aromatic rings. The Bertz CT molecular complexity index is 1920. The molecule has 11 heteroatoms. The Morgan fingerprint density at radius 2 is 1.02 bits per heavy atom. The molecular weight excluding hydrogens is 648 g/mol. The molecule has 11 nitrogen and oxygen atoms in total. The van der Waals surface area contributed by atoms with Gasteiger partial charge in [0, 0.05) is 37.7 Å². The van der Waals surface area contributed by atoms with Crippen LogP contribution in [-0.4, -0.2) is 86.8 Å². The summed E-state index contributed by atoms with van der Waals surface area (Å²) in [6.07, 6.45) is 5.16. The molecule has 260 valence electrons. The number of aliphatic imine (C=N–C) groups is 2. The highest BCUT2D eigenvalue weighted by Gasteiger charge is 2.34. The molecule has 0 radical (unpaired) electrons. The van der Waals surface area contributed by atoms with Gasteiger partial charge in [0.25, 0.3) is 11.8 Å². The quantitative estimate of drug-likeness (QED) is 0.196. The first-order chi connectivity index (χ1) is 25.0. The fourth-order valence-corrected chi connectivity index (χ4v) is 7.17. The number of hydrogen-bond donors (Lipinski definition) is 0. The van der Waals surface area contributed by atoms with Gasteiger partial charge in [-0.1, -0.05) is 48.5 Å². The third-order valence-electron chi connectivity index (χ3n) is 9.87. The smallest absolute Gasteiger partial charge is 0.257 e. The van der Waals surface area contributed by atoms with Crippen molar-refractivity contribution in [3.05, 3.63) is 106 Å². The van der Waals surface area contributed by atoms with E-state index in [-0.39, 0.29) is 37.1 Å². The second-order valence-corrected chi connectivity index (χ2v) is 12.9. The van der Waals surface area contributed by atoms with Gasteiger partial charge in [-0.3, -0.25) is 19.6 Å². The van der Waals surface area contributed by atoms with Crippen LogP contribution in [0.4, 0.5) is 11.4 Å². The van der Waals surface area contributed by atoms with Crippen molar-refractivity contribution in [2.24, 2.45) is 9.98 Å². The molecule has 0 spiro atoms. The number of benzene rings is 4. The van der Waals surface area contributed by atoms with Gasteiger partial charge in [-0.25, -0.2) is 0 Å². The predicted molar refractivity (Wildman–Crippen MR) is 192 cm³/mol. The lowest BCUT2D eigenvalue weighted by Crippen LogP contribution is -2.44. The van der Waals surface area contributed by atoms with Gasteiger partial charge < -0.3 is 33.5 Å². The predicted octanol–water partition coefficient (Wildman–Crippen LogP) is 5.74. The maximum Gasteiger partial charge on any atom is 0.257 e. The summed E-state index contributed by atoms with van der Waals surface area (Å²) in [6, 6.07) is 23.1. The van der Waals surface area contributed by atoms with Gasteiger partial charge in [0.15, 0.2) is 23.0 Å². The second kappa shape index (κ2) is 13.9. The largest absolute Gasteiger partial charge is 0.493 e. The number of carbonyl (C=O) groups excluding carboxylic acids is 2. The number of carbonyl (C=O) groups is 2. The molecule has 0 unspecified atom stereocenters. The lowest BCUT2D eigenvalue weighted by Gasteiger charge is -2.34. The molecule has 0 bridgehead atoms. The Hall–Kier alpha value is -5.68. The average molecular weight is 687 g/mol. The van der Waals surface area contributed by atoms with Crippen LogP contribution < -0.4 is 18.9 Å². The SMILES string of the molecule is COc1cc2c(cc1OCCOCCOc1cc3c(cc1OC)C(=O)N1Cc4ccccc4C[C@H]1C=N3)N=C[C@@H]1Cc3ccccc3CN1C2=O. The van der Waals surface area contributed by atoms with Gasteiger partial charge in [-0.2, -0.15) is 0 Å². The second-order valence-electron chi connectivity index (χ2n) is 12.9. The third kappa shape index (κ3) is 6.29. The van der Waals surface area contributed by atoms with Crippen molar-refractivity contribution in [2.45, 2.75) is 38.0 Å². The molecule has 2 amide bonds. The van der Waals surface area contributed by atoms with Crippen LogP contribution in [0.15, 0.2) is 82.8 Å². The minimum Gasteiger partial charge on any atom is -0.493 e. The topological polar surface area (TPSA) is 111 Å². The summed E-state index contributed by atoms with van der Waals surface area (Å²) in [7, 11) is 3.10. The van der Waals surface area contributed by atoms with E-state index in [1.807, 2.05) is 46.5 Å². The van der Waals surface area contributed by atoms with E-state index < -0.39 is 0 Å². The number of amides is 2. The normalized spacial score (nSPS) is 18.3. The van der Waals surface area contributed by atoms with Crippen LogP contribution in [0.5, 0.6) is 23.0 Å². The molecule has 0 aliphatic carbocycles. The van der Waals surface area contributed by atoms with Gasteiger partial charge in [-0.05, 0) is 47.2 Å². The van der Waals surface area contributed by atoms with E-state index in [0.717, 1.165) is 24.0 Å². The van der Waals surface area contributed by atoms with Gasteiger partial charge >= 0.3 is 0 Å². The highest BCUT2D eigenvalue weighted by atomic mass is 16.6. The van der Waals surface area contributed by atoms with E-state index in [2.05, 4.69) is 24.3 Å². The molecule has 0 fully saturated rings. The van der Waals surface area contributed by atoms with Crippen molar-refractivity contribution >= 4 is 35.6 Å². The lowest BCUT2D eigenvalue weighted by atomic mass is 9.94. The Morgan fingerprint density at radius 1 is 0.588 bits per heavy atom. The minimum atomic E-state index is -0.118. The van der Waals surface area contributed by atoms with E-state index in [1.54, 1.807) is 38.5 Å². The highest BCUT2D eigenvalue weighted by Crippen LogP contribution is 2.40. The number of ether oxygens (including phenoxy) is 5. The van der Waals surface area contributed by atoms with Gasteiger partial charge in [0.1, 0.15) is 13.2 Å². The fraction of sp³-hybridized carbons (Fsp3) is 0.300. The van der Waals surface area contributed by atoms with Gasteiger partial charge in [-0.15, -0.1) is 0 Å². The maximum absolute atomic E-state index is 13.6. The van der Waals surface area contributed by atoms with Crippen molar-refractivity contribution < 1.29 is 33.3 Å². The third-order valence-corrected chi connectivity index (χ3v) is 9.87. The summed E-state index contributed by atoms with van der Waals surface area (Å²) in [6.45, 7) is 2.15. The zero-order valence-corrected chi connectivity index (χ0v) is 28.5.